The zero-order valence-corrected chi connectivity index (χ0v) is 12.4. The highest BCUT2D eigenvalue weighted by Gasteiger charge is 2.22. The van der Waals surface area contributed by atoms with Crippen LogP contribution in [-0.2, 0) is 4.74 Å². The van der Waals surface area contributed by atoms with Crippen molar-refractivity contribution in [1.82, 2.24) is 14.9 Å². The molecule has 2 heterocycles. The van der Waals surface area contributed by atoms with Crippen molar-refractivity contribution in [2.45, 2.75) is 0 Å². The highest BCUT2D eigenvalue weighted by atomic mass is 16.5. The van der Waals surface area contributed by atoms with Gasteiger partial charge in [-0.2, -0.15) is 5.10 Å². The van der Waals surface area contributed by atoms with Crippen LogP contribution in [0.5, 0.6) is 0 Å². The second kappa shape index (κ2) is 5.88. The van der Waals surface area contributed by atoms with E-state index in [-0.39, 0.29) is 22.4 Å². The number of benzene rings is 1. The lowest BCUT2D eigenvalue weighted by Crippen LogP contribution is -2.17. The van der Waals surface area contributed by atoms with Crippen molar-refractivity contribution in [3.8, 4) is 11.3 Å². The van der Waals surface area contributed by atoms with Gasteiger partial charge in [-0.1, -0.05) is 12.1 Å². The van der Waals surface area contributed by atoms with Gasteiger partial charge in [0.1, 0.15) is 11.3 Å². The second-order valence-corrected chi connectivity index (χ2v) is 4.85. The van der Waals surface area contributed by atoms with E-state index in [0.29, 0.717) is 5.69 Å². The van der Waals surface area contributed by atoms with Gasteiger partial charge in [0.15, 0.2) is 0 Å². The highest BCUT2D eigenvalue weighted by molar-refractivity contribution is 5.96. The van der Waals surface area contributed by atoms with E-state index >= 15 is 0 Å². The zero-order valence-electron chi connectivity index (χ0n) is 12.4. The molecule has 2 aliphatic rings. The molecular formula is C15H12N4O5. The first-order valence-electron chi connectivity index (χ1n) is 6.79. The summed E-state index contributed by atoms with van der Waals surface area (Å²) >= 11 is 0. The first-order chi connectivity index (χ1) is 11.5. The summed E-state index contributed by atoms with van der Waals surface area (Å²) in [6, 6.07) is 6.24. The average Bonchev–Trinajstić information content (AvgIpc) is 2.95. The number of ether oxygens (including phenoxy) is 1. The number of nitrogens with one attached hydrogen (secondary N) is 2. The molecule has 3 rings (SSSR count). The SMILES string of the molecule is COC(=O)c1cn(Nc2ccccc2C(=O)O)cc2c(=O)[nH]nc1-2. The number of aromatic carboxylic acids is 1. The van der Waals surface area contributed by atoms with Gasteiger partial charge in [-0.15, -0.1) is 0 Å². The minimum Gasteiger partial charge on any atom is -0.478 e. The number of carbonyl (C=O) groups excluding carboxylic acids is 1. The number of fused-ring (bicyclic) bond motifs is 1. The maximum Gasteiger partial charge on any atom is 0.341 e. The van der Waals surface area contributed by atoms with Crippen LogP contribution in [0.15, 0.2) is 41.5 Å². The molecule has 0 unspecified atom stereocenters. The Morgan fingerprint density at radius 1 is 1.25 bits per heavy atom. The van der Waals surface area contributed by atoms with Gasteiger partial charge in [-0.25, -0.2) is 14.7 Å². The van der Waals surface area contributed by atoms with Crippen LogP contribution in [0.1, 0.15) is 20.7 Å². The van der Waals surface area contributed by atoms with E-state index < -0.39 is 17.5 Å². The summed E-state index contributed by atoms with van der Waals surface area (Å²) < 4.78 is 6.00. The molecule has 3 N–H and O–H groups in total. The van der Waals surface area contributed by atoms with E-state index in [0.717, 1.165) is 0 Å². The van der Waals surface area contributed by atoms with Crippen LogP contribution in [-0.4, -0.2) is 39.0 Å². The lowest BCUT2D eigenvalue weighted by molar-refractivity contribution is 0.0599. The predicted molar refractivity (Wildman–Crippen MR) is 83.2 cm³/mol. The molecule has 0 aromatic heterocycles. The molecule has 0 radical (unpaired) electrons. The zero-order chi connectivity index (χ0) is 17.3. The monoisotopic (exact) mass is 328 g/mol. The van der Waals surface area contributed by atoms with Gasteiger partial charge in [0.2, 0.25) is 0 Å². The Kier molecular flexibility index (Phi) is 3.74. The van der Waals surface area contributed by atoms with Crippen molar-refractivity contribution >= 4 is 17.6 Å². The van der Waals surface area contributed by atoms with Gasteiger partial charge in [0.05, 0.1) is 23.9 Å². The molecule has 0 aliphatic carbocycles. The number of H-pyrrole nitrogens is 1. The lowest BCUT2D eigenvalue weighted by Gasteiger charge is -2.15. The molecule has 0 fully saturated rings. The smallest absolute Gasteiger partial charge is 0.341 e. The summed E-state index contributed by atoms with van der Waals surface area (Å²) in [7, 11) is 1.21. The van der Waals surface area contributed by atoms with Gasteiger partial charge in [-0.3, -0.25) is 14.9 Å². The summed E-state index contributed by atoms with van der Waals surface area (Å²) in [6.45, 7) is 0. The quantitative estimate of drug-likeness (QED) is 0.611. The van der Waals surface area contributed by atoms with Crippen LogP contribution < -0.4 is 11.0 Å². The number of hydrogen-bond acceptors (Lipinski definition) is 6. The number of carboxylic acids is 1. The molecule has 1 aromatic rings. The third kappa shape index (κ3) is 2.58. The van der Waals surface area contributed by atoms with Crippen LogP contribution in [0, 0.1) is 0 Å². The molecule has 24 heavy (non-hydrogen) atoms. The third-order valence-corrected chi connectivity index (χ3v) is 3.37. The van der Waals surface area contributed by atoms with Crippen LogP contribution in [0.4, 0.5) is 5.69 Å². The van der Waals surface area contributed by atoms with Crippen LogP contribution in [0.2, 0.25) is 0 Å². The minimum absolute atomic E-state index is 0.0410. The molecule has 9 heteroatoms. The molecule has 0 saturated carbocycles. The number of nitrogens with zero attached hydrogens (tertiary/aromatic N) is 2. The van der Waals surface area contributed by atoms with Gasteiger partial charge < -0.3 is 9.84 Å². The number of aromatic amines is 1. The maximum atomic E-state index is 11.9. The van der Waals surface area contributed by atoms with Crippen LogP contribution >= 0.6 is 0 Å². The number of anilines is 1. The number of esters is 1. The van der Waals surface area contributed by atoms with Crippen molar-refractivity contribution in [1.29, 1.82) is 0 Å². The van der Waals surface area contributed by atoms with Crippen molar-refractivity contribution in [2.75, 3.05) is 12.5 Å². The number of carbonyl (C=O) groups is 2. The molecule has 0 bridgehead atoms. The van der Waals surface area contributed by atoms with Crippen molar-refractivity contribution in [3.05, 3.63) is 58.1 Å². The number of hydrogen-bond donors (Lipinski definition) is 3. The lowest BCUT2D eigenvalue weighted by atomic mass is 10.1. The predicted octanol–water partition coefficient (Wildman–Crippen LogP) is 1.04. The molecule has 1 aromatic carbocycles. The third-order valence-electron chi connectivity index (χ3n) is 3.37. The molecular weight excluding hydrogens is 316 g/mol. The second-order valence-electron chi connectivity index (χ2n) is 4.85. The Balaban J connectivity index is 2.12. The fourth-order valence-electron chi connectivity index (χ4n) is 2.27. The first kappa shape index (κ1) is 15.3. The summed E-state index contributed by atoms with van der Waals surface area (Å²) in [5, 5.41) is 15.3. The first-order valence-corrected chi connectivity index (χ1v) is 6.79. The highest BCUT2D eigenvalue weighted by Crippen LogP contribution is 2.22. The van der Waals surface area contributed by atoms with Crippen molar-refractivity contribution < 1.29 is 19.4 Å². The van der Waals surface area contributed by atoms with Crippen LogP contribution in [0.25, 0.3) is 11.3 Å². The Morgan fingerprint density at radius 2 is 2.00 bits per heavy atom. The molecule has 0 atom stereocenters. The van der Waals surface area contributed by atoms with E-state index in [4.69, 9.17) is 4.74 Å². The summed E-state index contributed by atoms with van der Waals surface area (Å²) in [4.78, 5) is 35.0. The van der Waals surface area contributed by atoms with Crippen molar-refractivity contribution in [2.24, 2.45) is 0 Å². The topological polar surface area (TPSA) is 126 Å². The summed E-state index contributed by atoms with van der Waals surface area (Å²) in [6.07, 6.45) is 2.78. The molecule has 0 spiro atoms. The number of methoxy groups -OCH3 is 1. The Morgan fingerprint density at radius 3 is 2.71 bits per heavy atom. The van der Waals surface area contributed by atoms with E-state index in [1.807, 2.05) is 0 Å². The van der Waals surface area contributed by atoms with E-state index in [9.17, 15) is 19.5 Å². The molecule has 0 saturated heterocycles. The van der Waals surface area contributed by atoms with E-state index in [1.54, 1.807) is 18.2 Å². The molecule has 9 nitrogen and oxygen atoms in total. The standard InChI is InChI=1S/C15H12N4O5/c1-24-15(23)10-7-19(6-9-12(10)16-17-13(9)20)18-11-5-3-2-4-8(11)14(21)22/h2-7,18H,1H3,(H,17,20)(H,21,22). The maximum absolute atomic E-state index is 11.9. The molecule has 2 aliphatic heterocycles. The van der Waals surface area contributed by atoms with Crippen molar-refractivity contribution in [3.63, 3.8) is 0 Å². The number of rotatable bonds is 4. The largest absolute Gasteiger partial charge is 0.478 e. The molecule has 0 amide bonds. The van der Waals surface area contributed by atoms with Crippen LogP contribution in [0.3, 0.4) is 0 Å². The van der Waals surface area contributed by atoms with E-state index in [2.05, 4.69) is 15.6 Å². The van der Waals surface area contributed by atoms with Gasteiger partial charge in [-0.05, 0) is 12.1 Å². The number of aromatic nitrogens is 3. The summed E-state index contributed by atoms with van der Waals surface area (Å²) in [5.41, 5.74) is 3.10. The normalized spacial score (nSPS) is 10.5. The Labute approximate surface area is 134 Å². The molecule has 122 valence electrons. The minimum atomic E-state index is -1.11. The summed E-state index contributed by atoms with van der Waals surface area (Å²) in [5.74, 6) is -1.78. The number of carboxylic acid groups (broad SMARTS) is 1. The Hall–Kier alpha value is -3.62. The number of pyridine rings is 1. The van der Waals surface area contributed by atoms with Gasteiger partial charge >= 0.3 is 11.9 Å². The fraction of sp³-hybridized carbons (Fsp3) is 0.0667. The Bertz CT molecular complexity index is 959. The van der Waals surface area contributed by atoms with Gasteiger partial charge in [0.25, 0.3) is 5.56 Å². The average molecular weight is 328 g/mol. The van der Waals surface area contributed by atoms with E-state index in [1.165, 1.54) is 30.2 Å². The fourth-order valence-corrected chi connectivity index (χ4v) is 2.27. The van der Waals surface area contributed by atoms with Gasteiger partial charge in [0, 0.05) is 12.4 Å². The number of para-hydroxylation sites is 1.